The summed E-state index contributed by atoms with van der Waals surface area (Å²) in [6, 6.07) is 0. The lowest BCUT2D eigenvalue weighted by Crippen LogP contribution is -2.32. The normalized spacial score (nSPS) is 12.2. The molecule has 12 heteroatoms. The van der Waals surface area contributed by atoms with Crippen LogP contribution in [0.4, 0.5) is 23.5 Å². The van der Waals surface area contributed by atoms with Gasteiger partial charge in [-0.05, 0) is 0 Å². The van der Waals surface area contributed by atoms with Gasteiger partial charge < -0.3 is 15.0 Å². The third-order valence-electron chi connectivity index (χ3n) is 2.02. The first-order chi connectivity index (χ1) is 9.38. The van der Waals surface area contributed by atoms with Gasteiger partial charge in [0.05, 0.1) is 0 Å². The minimum atomic E-state index is -4.23. The molecule has 0 bridgehead atoms. The molecule has 0 radical (unpaired) electrons. The molecule has 0 aliphatic heterocycles. The zero-order valence-electron chi connectivity index (χ0n) is 9.69. The van der Waals surface area contributed by atoms with E-state index in [-0.39, 0.29) is 23.5 Å². The number of aromatic nitrogens is 5. The van der Waals surface area contributed by atoms with E-state index in [9.17, 15) is 17.6 Å². The van der Waals surface area contributed by atoms with Gasteiger partial charge in [-0.1, -0.05) is 5.16 Å². The second-order valence-corrected chi connectivity index (χ2v) is 3.61. The van der Waals surface area contributed by atoms with E-state index >= 15 is 0 Å². The van der Waals surface area contributed by atoms with Gasteiger partial charge in [0.2, 0.25) is 11.8 Å². The van der Waals surface area contributed by atoms with Crippen LogP contribution in [-0.4, -0.2) is 44.3 Å². The molecule has 0 aromatic carbocycles. The summed E-state index contributed by atoms with van der Waals surface area (Å²) in [7, 11) is 0. The van der Waals surface area contributed by atoms with Gasteiger partial charge in [-0.25, -0.2) is 8.78 Å². The van der Waals surface area contributed by atoms with Crippen molar-refractivity contribution in [2.24, 2.45) is 0 Å². The second-order valence-electron chi connectivity index (χ2n) is 3.61. The predicted molar refractivity (Wildman–Crippen MR) is 54.7 cm³/mol. The van der Waals surface area contributed by atoms with Crippen molar-refractivity contribution >= 4 is 5.95 Å². The standard InChI is InChI=1S/C8H8F4N6O2/c9-6(10)8(11,12)2-19-1-3-14-5(20-18-3)4-15-7(13)17-16-4/h6H,1-2H2,(H3,13,15,16,17). The molecule has 0 aliphatic carbocycles. The van der Waals surface area contributed by atoms with Crippen molar-refractivity contribution in [3.8, 4) is 11.7 Å². The van der Waals surface area contributed by atoms with Crippen LogP contribution in [0, 0.1) is 0 Å². The van der Waals surface area contributed by atoms with Crippen LogP contribution in [0.1, 0.15) is 5.82 Å². The number of halogens is 4. The van der Waals surface area contributed by atoms with Crippen LogP contribution in [0.15, 0.2) is 4.52 Å². The number of aromatic amines is 1. The Morgan fingerprint density at radius 1 is 1.35 bits per heavy atom. The number of H-pyrrole nitrogens is 1. The zero-order valence-corrected chi connectivity index (χ0v) is 9.69. The molecule has 2 aromatic rings. The largest absolute Gasteiger partial charge is 0.367 e. The lowest BCUT2D eigenvalue weighted by Gasteiger charge is -2.14. The Kier molecular flexibility index (Phi) is 3.83. The Balaban J connectivity index is 1.91. The lowest BCUT2D eigenvalue weighted by atomic mass is 10.4. The number of nitrogens with two attached hydrogens (primary N) is 1. The molecule has 3 N–H and O–H groups in total. The van der Waals surface area contributed by atoms with Crippen LogP contribution >= 0.6 is 0 Å². The average Bonchev–Trinajstić information content (AvgIpc) is 2.97. The van der Waals surface area contributed by atoms with Crippen LogP contribution in [-0.2, 0) is 11.3 Å². The van der Waals surface area contributed by atoms with Crippen molar-refractivity contribution in [1.82, 2.24) is 25.3 Å². The SMILES string of the molecule is Nc1n[nH]c(-c2nc(COCC(F)(F)C(F)F)no2)n1. The summed E-state index contributed by atoms with van der Waals surface area (Å²) in [6.45, 7) is -1.97. The van der Waals surface area contributed by atoms with Gasteiger partial charge in [0.25, 0.3) is 5.89 Å². The number of ether oxygens (including phenoxy) is 1. The molecular formula is C8H8F4N6O2. The highest BCUT2D eigenvalue weighted by Gasteiger charge is 2.41. The average molecular weight is 296 g/mol. The molecular weight excluding hydrogens is 288 g/mol. The molecule has 8 nitrogen and oxygen atoms in total. The van der Waals surface area contributed by atoms with Crippen molar-refractivity contribution in [3.05, 3.63) is 5.82 Å². The number of hydrogen-bond acceptors (Lipinski definition) is 7. The van der Waals surface area contributed by atoms with E-state index in [0.717, 1.165) is 0 Å². The summed E-state index contributed by atoms with van der Waals surface area (Å²) >= 11 is 0. The molecule has 0 saturated heterocycles. The molecule has 2 rings (SSSR count). The van der Waals surface area contributed by atoms with Gasteiger partial charge in [-0.15, -0.1) is 5.10 Å². The van der Waals surface area contributed by atoms with E-state index in [1.165, 1.54) is 0 Å². The van der Waals surface area contributed by atoms with Crippen LogP contribution in [0.5, 0.6) is 0 Å². The summed E-state index contributed by atoms with van der Waals surface area (Å²) in [4.78, 5) is 7.43. The Morgan fingerprint density at radius 2 is 2.10 bits per heavy atom. The number of hydrogen-bond donors (Lipinski definition) is 2. The molecule has 0 fully saturated rings. The third kappa shape index (κ3) is 3.20. The second kappa shape index (κ2) is 5.40. The van der Waals surface area contributed by atoms with Crippen LogP contribution in [0.3, 0.4) is 0 Å². The quantitative estimate of drug-likeness (QED) is 0.759. The molecule has 20 heavy (non-hydrogen) atoms. The van der Waals surface area contributed by atoms with Crippen molar-refractivity contribution < 1.29 is 26.8 Å². The van der Waals surface area contributed by atoms with Crippen molar-refractivity contribution in [1.29, 1.82) is 0 Å². The minimum absolute atomic E-state index is 0.0485. The van der Waals surface area contributed by atoms with Crippen LogP contribution < -0.4 is 5.73 Å². The molecule has 110 valence electrons. The highest BCUT2D eigenvalue weighted by Crippen LogP contribution is 2.23. The summed E-state index contributed by atoms with van der Waals surface area (Å²) in [6.07, 6.45) is -3.81. The van der Waals surface area contributed by atoms with Gasteiger partial charge in [-0.2, -0.15) is 18.7 Å². The first-order valence-corrected chi connectivity index (χ1v) is 5.13. The maximum Gasteiger partial charge on any atom is 0.330 e. The topological polar surface area (TPSA) is 116 Å². The zero-order chi connectivity index (χ0) is 14.8. The molecule has 0 amide bonds. The fraction of sp³-hybridized carbons (Fsp3) is 0.500. The summed E-state index contributed by atoms with van der Waals surface area (Å²) in [5.41, 5.74) is 5.26. The number of anilines is 1. The van der Waals surface area contributed by atoms with E-state index in [0.29, 0.717) is 0 Å². The van der Waals surface area contributed by atoms with E-state index in [4.69, 9.17) is 10.3 Å². The van der Waals surface area contributed by atoms with Gasteiger partial charge in [0.1, 0.15) is 13.2 Å². The van der Waals surface area contributed by atoms with E-state index < -0.39 is 25.6 Å². The van der Waals surface area contributed by atoms with E-state index in [2.05, 4.69) is 30.1 Å². The van der Waals surface area contributed by atoms with Crippen molar-refractivity contribution in [3.63, 3.8) is 0 Å². The third-order valence-corrected chi connectivity index (χ3v) is 2.02. The van der Waals surface area contributed by atoms with Gasteiger partial charge in [-0.3, -0.25) is 5.10 Å². The van der Waals surface area contributed by atoms with Gasteiger partial charge in [0.15, 0.2) is 5.82 Å². The molecule has 0 atom stereocenters. The number of alkyl halides is 4. The summed E-state index contributed by atoms with van der Waals surface area (Å²) < 4.78 is 57.9. The monoisotopic (exact) mass is 296 g/mol. The Labute approximate surface area is 108 Å². The fourth-order valence-electron chi connectivity index (χ4n) is 1.12. The van der Waals surface area contributed by atoms with Gasteiger partial charge >= 0.3 is 12.3 Å². The first kappa shape index (κ1) is 14.2. The number of nitrogen functional groups attached to an aromatic ring is 1. The van der Waals surface area contributed by atoms with Gasteiger partial charge in [0, 0.05) is 0 Å². The molecule has 0 saturated carbocycles. The minimum Gasteiger partial charge on any atom is -0.367 e. The van der Waals surface area contributed by atoms with E-state index in [1.807, 2.05) is 0 Å². The molecule has 0 unspecified atom stereocenters. The first-order valence-electron chi connectivity index (χ1n) is 5.13. The Hall–Kier alpha value is -2.24. The highest BCUT2D eigenvalue weighted by molar-refractivity contribution is 5.41. The number of nitrogens with one attached hydrogen (secondary N) is 1. The maximum absolute atomic E-state index is 12.5. The Morgan fingerprint density at radius 3 is 2.70 bits per heavy atom. The Bertz CT molecular complexity index is 571. The molecule has 0 spiro atoms. The highest BCUT2D eigenvalue weighted by atomic mass is 19.3. The molecule has 0 aliphatic rings. The number of nitrogens with zero attached hydrogens (tertiary/aromatic N) is 4. The summed E-state index contributed by atoms with van der Waals surface area (Å²) in [5, 5.41) is 9.30. The maximum atomic E-state index is 12.5. The smallest absolute Gasteiger partial charge is 0.330 e. The molecule has 2 heterocycles. The van der Waals surface area contributed by atoms with E-state index in [1.54, 1.807) is 0 Å². The fourth-order valence-corrected chi connectivity index (χ4v) is 1.12. The van der Waals surface area contributed by atoms with Crippen LogP contribution in [0.2, 0.25) is 0 Å². The predicted octanol–water partition coefficient (Wildman–Crippen LogP) is 0.854. The van der Waals surface area contributed by atoms with Crippen LogP contribution in [0.25, 0.3) is 11.7 Å². The van der Waals surface area contributed by atoms with Crippen molar-refractivity contribution in [2.75, 3.05) is 12.3 Å². The molecule has 2 aromatic heterocycles. The van der Waals surface area contributed by atoms with Crippen molar-refractivity contribution in [2.45, 2.75) is 19.0 Å². The number of rotatable bonds is 6. The summed E-state index contributed by atoms with van der Waals surface area (Å²) in [5.74, 6) is -4.40. The lowest BCUT2D eigenvalue weighted by molar-refractivity contribution is -0.168.